The molecule has 0 aromatic heterocycles. The van der Waals surface area contributed by atoms with Crippen LogP contribution in [-0.4, -0.2) is 16.8 Å². The van der Waals surface area contributed by atoms with Crippen LogP contribution in [0.3, 0.4) is 0 Å². The van der Waals surface area contributed by atoms with Crippen LogP contribution in [0.25, 0.3) is 6.08 Å². The summed E-state index contributed by atoms with van der Waals surface area (Å²) in [7, 11) is 0. The van der Waals surface area contributed by atoms with E-state index in [-0.39, 0.29) is 12.5 Å². The van der Waals surface area contributed by atoms with E-state index < -0.39 is 0 Å². The van der Waals surface area contributed by atoms with Crippen LogP contribution in [0.1, 0.15) is 18.1 Å². The van der Waals surface area contributed by atoms with E-state index in [0.29, 0.717) is 52.6 Å². The number of thiocarbonyl (C=S) groups is 1. The maximum absolute atomic E-state index is 13.1. The average molecular weight is 630 g/mol. The summed E-state index contributed by atoms with van der Waals surface area (Å²) in [5.74, 6) is 0.846. The lowest BCUT2D eigenvalue weighted by molar-refractivity contribution is -0.113. The molecule has 1 saturated heterocycles. The molecule has 0 spiro atoms. The van der Waals surface area contributed by atoms with Crippen LogP contribution in [0, 0.1) is 0 Å². The van der Waals surface area contributed by atoms with Gasteiger partial charge in [-0.1, -0.05) is 70.9 Å². The molecule has 0 atom stereocenters. The lowest BCUT2D eigenvalue weighted by Gasteiger charge is -2.16. The first kappa shape index (κ1) is 26.3. The van der Waals surface area contributed by atoms with Crippen molar-refractivity contribution in [2.75, 3.05) is 11.5 Å². The van der Waals surface area contributed by atoms with Crippen LogP contribution in [0.2, 0.25) is 15.1 Å². The van der Waals surface area contributed by atoms with Crippen LogP contribution >= 0.6 is 74.7 Å². The number of nitrogens with zero attached hydrogens (tertiary/aromatic N) is 1. The second-order valence-corrected chi connectivity index (χ2v) is 11.1. The van der Waals surface area contributed by atoms with Gasteiger partial charge in [0.25, 0.3) is 5.91 Å². The topological polar surface area (TPSA) is 38.8 Å². The quantitative estimate of drug-likeness (QED) is 0.193. The molecule has 35 heavy (non-hydrogen) atoms. The van der Waals surface area contributed by atoms with Gasteiger partial charge in [-0.3, -0.25) is 9.69 Å². The Morgan fingerprint density at radius 1 is 1.06 bits per heavy atom. The summed E-state index contributed by atoms with van der Waals surface area (Å²) in [5.41, 5.74) is 2.17. The van der Waals surface area contributed by atoms with Gasteiger partial charge in [-0.15, -0.1) is 0 Å². The molecular weight excluding hydrogens is 613 g/mol. The third kappa shape index (κ3) is 6.16. The normalized spacial score (nSPS) is 14.7. The molecule has 4 rings (SSSR count). The van der Waals surface area contributed by atoms with Gasteiger partial charge in [0.15, 0.2) is 15.8 Å². The molecule has 0 aliphatic carbocycles. The number of benzene rings is 3. The standard InChI is InChI=1S/C25H17BrCl3NO3S2/c1-2-32-21-9-14(8-19(26)23(21)33-13-15-6-7-17(28)12-20(15)29)10-22-24(31)30(25(34)35-22)18-5-3-4-16(27)11-18/h3-12H,2,13H2,1H3/b22-10+. The highest BCUT2D eigenvalue weighted by Crippen LogP contribution is 2.41. The number of anilines is 1. The lowest BCUT2D eigenvalue weighted by Crippen LogP contribution is -2.27. The minimum absolute atomic E-state index is 0.214. The smallest absolute Gasteiger partial charge is 0.270 e. The fraction of sp³-hybridized carbons (Fsp3) is 0.120. The Morgan fingerprint density at radius 3 is 2.54 bits per heavy atom. The molecule has 0 saturated carbocycles. The van der Waals surface area contributed by atoms with E-state index in [0.717, 1.165) is 11.1 Å². The molecular formula is C25H17BrCl3NO3S2. The van der Waals surface area contributed by atoms with E-state index in [4.69, 9.17) is 56.5 Å². The lowest BCUT2D eigenvalue weighted by atomic mass is 10.1. The Morgan fingerprint density at radius 2 is 1.83 bits per heavy atom. The largest absolute Gasteiger partial charge is 0.490 e. The predicted octanol–water partition coefficient (Wildman–Crippen LogP) is 8.79. The number of carbonyl (C=O) groups excluding carboxylic acids is 1. The number of hydrogen-bond donors (Lipinski definition) is 0. The summed E-state index contributed by atoms with van der Waals surface area (Å²) < 4.78 is 13.0. The zero-order chi connectivity index (χ0) is 25.1. The Bertz CT molecular complexity index is 1350. The first-order valence-corrected chi connectivity index (χ1v) is 13.5. The maximum atomic E-state index is 13.1. The first-order valence-electron chi connectivity index (χ1n) is 10.3. The summed E-state index contributed by atoms with van der Waals surface area (Å²) in [5, 5.41) is 1.60. The summed E-state index contributed by atoms with van der Waals surface area (Å²) >= 11 is 28.6. The second-order valence-electron chi connectivity index (χ2n) is 7.28. The van der Waals surface area contributed by atoms with E-state index in [1.165, 1.54) is 16.7 Å². The van der Waals surface area contributed by atoms with Gasteiger partial charge in [-0.05, 0) is 77.0 Å². The molecule has 180 valence electrons. The number of rotatable bonds is 7. The van der Waals surface area contributed by atoms with E-state index in [9.17, 15) is 4.79 Å². The highest BCUT2D eigenvalue weighted by Gasteiger charge is 2.33. The Kier molecular flexibility index (Phi) is 8.68. The molecule has 1 heterocycles. The highest BCUT2D eigenvalue weighted by atomic mass is 79.9. The van der Waals surface area contributed by atoms with Gasteiger partial charge in [-0.25, -0.2) is 0 Å². The van der Waals surface area contributed by atoms with Crippen molar-refractivity contribution in [3.63, 3.8) is 0 Å². The van der Waals surface area contributed by atoms with Crippen molar-refractivity contribution in [1.29, 1.82) is 0 Å². The van der Waals surface area contributed by atoms with Gasteiger partial charge in [0.2, 0.25) is 0 Å². The molecule has 1 fully saturated rings. The van der Waals surface area contributed by atoms with E-state index >= 15 is 0 Å². The van der Waals surface area contributed by atoms with Crippen molar-refractivity contribution >= 4 is 96.7 Å². The van der Waals surface area contributed by atoms with Gasteiger partial charge < -0.3 is 9.47 Å². The molecule has 1 aliphatic rings. The van der Waals surface area contributed by atoms with E-state index in [2.05, 4.69) is 15.9 Å². The van der Waals surface area contributed by atoms with Gasteiger partial charge >= 0.3 is 0 Å². The van der Waals surface area contributed by atoms with Crippen molar-refractivity contribution in [2.45, 2.75) is 13.5 Å². The van der Waals surface area contributed by atoms with Gasteiger partial charge in [-0.2, -0.15) is 0 Å². The van der Waals surface area contributed by atoms with Gasteiger partial charge in [0.1, 0.15) is 6.61 Å². The van der Waals surface area contributed by atoms with Gasteiger partial charge in [0, 0.05) is 20.6 Å². The average Bonchev–Trinajstić information content (AvgIpc) is 3.07. The summed E-state index contributed by atoms with van der Waals surface area (Å²) in [6, 6.07) is 15.9. The van der Waals surface area contributed by atoms with Crippen LogP contribution in [-0.2, 0) is 11.4 Å². The molecule has 4 nitrogen and oxygen atoms in total. The van der Waals surface area contributed by atoms with Gasteiger partial charge in [0.05, 0.1) is 21.7 Å². The molecule has 3 aromatic rings. The monoisotopic (exact) mass is 627 g/mol. The number of halogens is 4. The van der Waals surface area contributed by atoms with Crippen LogP contribution < -0.4 is 14.4 Å². The number of carbonyl (C=O) groups is 1. The summed E-state index contributed by atoms with van der Waals surface area (Å²) in [6.07, 6.45) is 1.77. The number of thioether (sulfide) groups is 1. The van der Waals surface area contributed by atoms with Crippen LogP contribution in [0.15, 0.2) is 64.0 Å². The molecule has 3 aromatic carbocycles. The molecule has 10 heteroatoms. The van der Waals surface area contributed by atoms with Crippen molar-refractivity contribution < 1.29 is 14.3 Å². The van der Waals surface area contributed by atoms with Crippen molar-refractivity contribution in [2.24, 2.45) is 0 Å². The maximum Gasteiger partial charge on any atom is 0.270 e. The Balaban J connectivity index is 1.61. The molecule has 1 amide bonds. The molecule has 0 radical (unpaired) electrons. The zero-order valence-electron chi connectivity index (χ0n) is 18.2. The van der Waals surface area contributed by atoms with Crippen molar-refractivity contribution in [3.8, 4) is 11.5 Å². The molecule has 1 aliphatic heterocycles. The van der Waals surface area contributed by atoms with Crippen LogP contribution in [0.5, 0.6) is 11.5 Å². The Labute approximate surface area is 236 Å². The van der Waals surface area contributed by atoms with Crippen LogP contribution in [0.4, 0.5) is 5.69 Å². The summed E-state index contributed by atoms with van der Waals surface area (Å²) in [4.78, 5) is 15.1. The van der Waals surface area contributed by atoms with E-state index in [1.807, 2.05) is 25.1 Å². The Hall–Kier alpha value is -1.74. The second kappa shape index (κ2) is 11.5. The fourth-order valence-corrected chi connectivity index (χ4v) is 5.84. The van der Waals surface area contributed by atoms with Crippen molar-refractivity contribution in [3.05, 3.63) is 90.2 Å². The minimum atomic E-state index is -0.214. The number of ether oxygens (including phenoxy) is 2. The van der Waals surface area contributed by atoms with E-state index in [1.54, 1.807) is 42.5 Å². The predicted molar refractivity (Wildman–Crippen MR) is 153 cm³/mol. The third-order valence-corrected chi connectivity index (χ3v) is 7.59. The molecule has 0 N–H and O–H groups in total. The SMILES string of the molecule is CCOc1cc(/C=C2/SC(=S)N(c3cccc(Cl)c3)C2=O)cc(Br)c1OCc1ccc(Cl)cc1Cl. The third-order valence-electron chi connectivity index (χ3n) is 4.88. The fourth-order valence-electron chi connectivity index (χ4n) is 3.32. The minimum Gasteiger partial charge on any atom is -0.490 e. The first-order chi connectivity index (χ1) is 16.8. The summed E-state index contributed by atoms with van der Waals surface area (Å²) in [6.45, 7) is 2.55. The highest BCUT2D eigenvalue weighted by molar-refractivity contribution is 9.10. The molecule has 0 bridgehead atoms. The number of amides is 1. The zero-order valence-corrected chi connectivity index (χ0v) is 23.7. The number of hydrogen-bond acceptors (Lipinski definition) is 5. The van der Waals surface area contributed by atoms with Crippen molar-refractivity contribution in [1.82, 2.24) is 0 Å². The molecule has 0 unspecified atom stereocenters.